The molecule has 0 aliphatic heterocycles. The molecule has 0 saturated carbocycles. The van der Waals surface area contributed by atoms with Gasteiger partial charge in [0.1, 0.15) is 17.5 Å². The summed E-state index contributed by atoms with van der Waals surface area (Å²) in [7, 11) is 0. The Labute approximate surface area is 119 Å². The van der Waals surface area contributed by atoms with Crippen LogP contribution in [0.3, 0.4) is 0 Å². The first-order valence-corrected chi connectivity index (χ1v) is 5.75. The summed E-state index contributed by atoms with van der Waals surface area (Å²) in [6.45, 7) is 0. The van der Waals surface area contributed by atoms with Crippen molar-refractivity contribution in [3.05, 3.63) is 53.3 Å². The molecule has 0 radical (unpaired) electrons. The summed E-state index contributed by atoms with van der Waals surface area (Å²) in [4.78, 5) is 26.8. The number of anilines is 1. The van der Waals surface area contributed by atoms with Crippen molar-refractivity contribution in [2.45, 2.75) is 0 Å². The number of aromatic nitrogens is 1. The lowest BCUT2D eigenvalue weighted by Crippen LogP contribution is -2.16. The van der Waals surface area contributed by atoms with E-state index in [1.165, 1.54) is 30.5 Å². The van der Waals surface area contributed by atoms with Crippen molar-refractivity contribution < 1.29 is 19.8 Å². The highest BCUT2D eigenvalue weighted by Gasteiger charge is 2.15. The largest absolute Gasteiger partial charge is 0.508 e. The Bertz CT molecular complexity index is 748. The number of nitrogens with zero attached hydrogens (tertiary/aromatic N) is 2. The van der Waals surface area contributed by atoms with Gasteiger partial charge in [-0.05, 0) is 30.3 Å². The number of nitriles is 1. The number of nitrogens with one attached hydrogen (secondary N) is 1. The Morgan fingerprint density at radius 3 is 2.57 bits per heavy atom. The quantitative estimate of drug-likeness (QED) is 0.735. The van der Waals surface area contributed by atoms with E-state index in [0.29, 0.717) is 5.56 Å². The molecule has 1 aromatic carbocycles. The Kier molecular flexibility index (Phi) is 3.81. The predicted octanol–water partition coefficient (Wildman–Crippen LogP) is 1.61. The number of carbonyl (C=O) groups excluding carboxylic acids is 1. The van der Waals surface area contributed by atoms with Gasteiger partial charge in [-0.1, -0.05) is 0 Å². The van der Waals surface area contributed by atoms with Crippen molar-refractivity contribution in [1.29, 1.82) is 5.26 Å². The van der Waals surface area contributed by atoms with E-state index in [9.17, 15) is 14.7 Å². The van der Waals surface area contributed by atoms with E-state index in [1.54, 1.807) is 0 Å². The van der Waals surface area contributed by atoms with Gasteiger partial charge in [0.25, 0.3) is 5.91 Å². The van der Waals surface area contributed by atoms with E-state index >= 15 is 0 Å². The van der Waals surface area contributed by atoms with Crippen molar-refractivity contribution in [1.82, 2.24) is 4.98 Å². The van der Waals surface area contributed by atoms with Crippen LogP contribution in [0.1, 0.15) is 26.4 Å². The summed E-state index contributed by atoms with van der Waals surface area (Å²) in [5.41, 5.74) is 0.147. The third kappa shape index (κ3) is 3.13. The van der Waals surface area contributed by atoms with E-state index in [4.69, 9.17) is 10.4 Å². The van der Waals surface area contributed by atoms with Gasteiger partial charge in [-0.15, -0.1) is 0 Å². The minimum Gasteiger partial charge on any atom is -0.508 e. The second-order valence-corrected chi connectivity index (χ2v) is 4.03. The Hall–Kier alpha value is -3.40. The molecule has 0 unspecified atom stereocenters. The van der Waals surface area contributed by atoms with Crippen molar-refractivity contribution in [2.24, 2.45) is 0 Å². The summed E-state index contributed by atoms with van der Waals surface area (Å²) in [5, 5.41) is 29.3. The van der Waals surface area contributed by atoms with Crippen LogP contribution in [0.2, 0.25) is 0 Å². The molecule has 0 fully saturated rings. The highest BCUT2D eigenvalue weighted by atomic mass is 16.4. The number of phenolic OH excluding ortho intramolecular Hbond substituents is 1. The molecule has 0 bridgehead atoms. The molecule has 0 aliphatic rings. The van der Waals surface area contributed by atoms with Crippen LogP contribution in [0.4, 0.5) is 5.69 Å². The van der Waals surface area contributed by atoms with Gasteiger partial charge in [0.2, 0.25) is 0 Å². The van der Waals surface area contributed by atoms with Gasteiger partial charge < -0.3 is 15.5 Å². The van der Waals surface area contributed by atoms with Crippen LogP contribution >= 0.6 is 0 Å². The first-order valence-electron chi connectivity index (χ1n) is 5.75. The molecule has 7 nitrogen and oxygen atoms in total. The van der Waals surface area contributed by atoms with Crippen LogP contribution in [-0.2, 0) is 0 Å². The third-order valence-electron chi connectivity index (χ3n) is 2.61. The predicted molar refractivity (Wildman–Crippen MR) is 72.0 cm³/mol. The minimum atomic E-state index is -1.28. The Balaban J connectivity index is 2.27. The standard InChI is InChI=1S/C14H9N3O4/c15-6-8-1-3-12(16-7-8)13(19)17-11-4-2-9(18)5-10(11)14(20)21/h1-5,7,18H,(H,17,19)(H,20,21). The SMILES string of the molecule is N#Cc1ccc(C(=O)Nc2ccc(O)cc2C(=O)O)nc1. The molecular formula is C14H9N3O4. The smallest absolute Gasteiger partial charge is 0.337 e. The minimum absolute atomic E-state index is 0.0384. The molecule has 7 heteroatoms. The molecule has 104 valence electrons. The summed E-state index contributed by atoms with van der Waals surface area (Å²) in [6.07, 6.45) is 1.24. The average molecular weight is 283 g/mol. The maximum atomic E-state index is 12.0. The van der Waals surface area contributed by atoms with E-state index in [-0.39, 0.29) is 22.7 Å². The number of aromatic hydroxyl groups is 1. The maximum Gasteiger partial charge on any atom is 0.337 e. The lowest BCUT2D eigenvalue weighted by Gasteiger charge is -2.08. The van der Waals surface area contributed by atoms with E-state index in [1.807, 2.05) is 6.07 Å². The fourth-order valence-electron chi connectivity index (χ4n) is 1.60. The van der Waals surface area contributed by atoms with Gasteiger partial charge in [-0.3, -0.25) is 4.79 Å². The van der Waals surface area contributed by atoms with Crippen molar-refractivity contribution in [3.63, 3.8) is 0 Å². The summed E-state index contributed by atoms with van der Waals surface area (Å²) in [6, 6.07) is 8.22. The normalized spacial score (nSPS) is 9.67. The summed E-state index contributed by atoms with van der Waals surface area (Å²) in [5.74, 6) is -2.12. The number of carboxylic acids is 1. The third-order valence-corrected chi connectivity index (χ3v) is 2.61. The molecule has 1 heterocycles. The number of amides is 1. The Morgan fingerprint density at radius 1 is 1.24 bits per heavy atom. The van der Waals surface area contributed by atoms with E-state index in [0.717, 1.165) is 6.07 Å². The Morgan fingerprint density at radius 2 is 2.00 bits per heavy atom. The molecule has 1 amide bonds. The van der Waals surface area contributed by atoms with Gasteiger partial charge in [0.15, 0.2) is 0 Å². The second kappa shape index (κ2) is 5.71. The highest BCUT2D eigenvalue weighted by Crippen LogP contribution is 2.21. The van der Waals surface area contributed by atoms with Crippen LogP contribution in [0, 0.1) is 11.3 Å². The molecule has 0 saturated heterocycles. The summed E-state index contributed by atoms with van der Waals surface area (Å²) >= 11 is 0. The van der Waals surface area contributed by atoms with Crippen LogP contribution in [-0.4, -0.2) is 27.1 Å². The maximum absolute atomic E-state index is 12.0. The lowest BCUT2D eigenvalue weighted by atomic mass is 10.1. The number of carbonyl (C=O) groups is 2. The first-order chi connectivity index (χ1) is 10.0. The molecule has 21 heavy (non-hydrogen) atoms. The molecular weight excluding hydrogens is 274 g/mol. The molecule has 0 spiro atoms. The number of aromatic carboxylic acids is 1. The number of rotatable bonds is 3. The van der Waals surface area contributed by atoms with Gasteiger partial charge >= 0.3 is 5.97 Å². The monoisotopic (exact) mass is 283 g/mol. The number of hydrogen-bond donors (Lipinski definition) is 3. The zero-order valence-electron chi connectivity index (χ0n) is 10.6. The zero-order chi connectivity index (χ0) is 15.4. The molecule has 3 N–H and O–H groups in total. The van der Waals surface area contributed by atoms with Crippen LogP contribution in [0.25, 0.3) is 0 Å². The van der Waals surface area contributed by atoms with Gasteiger partial charge in [0.05, 0.1) is 16.8 Å². The number of hydrogen-bond acceptors (Lipinski definition) is 5. The van der Waals surface area contributed by atoms with Gasteiger partial charge in [-0.2, -0.15) is 5.26 Å². The highest BCUT2D eigenvalue weighted by molar-refractivity contribution is 6.06. The number of phenols is 1. The number of carboxylic acid groups (broad SMARTS) is 1. The van der Waals surface area contributed by atoms with Crippen LogP contribution in [0.5, 0.6) is 5.75 Å². The average Bonchev–Trinajstić information content (AvgIpc) is 2.49. The first kappa shape index (κ1) is 14.0. The fraction of sp³-hybridized carbons (Fsp3) is 0. The van der Waals surface area contributed by atoms with Crippen LogP contribution < -0.4 is 5.32 Å². The van der Waals surface area contributed by atoms with Crippen LogP contribution in [0.15, 0.2) is 36.5 Å². The van der Waals surface area contributed by atoms with E-state index in [2.05, 4.69) is 10.3 Å². The fourth-order valence-corrected chi connectivity index (χ4v) is 1.60. The number of pyridine rings is 1. The van der Waals surface area contributed by atoms with Crippen molar-refractivity contribution >= 4 is 17.6 Å². The van der Waals surface area contributed by atoms with Gasteiger partial charge in [-0.25, -0.2) is 9.78 Å². The number of benzene rings is 1. The molecule has 0 atom stereocenters. The van der Waals surface area contributed by atoms with Crippen molar-refractivity contribution in [2.75, 3.05) is 5.32 Å². The molecule has 1 aromatic heterocycles. The topological polar surface area (TPSA) is 123 Å². The lowest BCUT2D eigenvalue weighted by molar-refractivity contribution is 0.0697. The van der Waals surface area contributed by atoms with Crippen molar-refractivity contribution in [3.8, 4) is 11.8 Å². The zero-order valence-corrected chi connectivity index (χ0v) is 10.6. The molecule has 2 aromatic rings. The summed E-state index contributed by atoms with van der Waals surface area (Å²) < 4.78 is 0. The second-order valence-electron chi connectivity index (χ2n) is 4.03. The van der Waals surface area contributed by atoms with E-state index < -0.39 is 11.9 Å². The molecule has 2 rings (SSSR count). The van der Waals surface area contributed by atoms with Gasteiger partial charge in [0, 0.05) is 6.20 Å². The molecule has 0 aliphatic carbocycles.